The van der Waals surface area contributed by atoms with E-state index in [0.29, 0.717) is 0 Å². The maximum atomic E-state index is 15.4. The van der Waals surface area contributed by atoms with E-state index in [-0.39, 0.29) is 0 Å². The van der Waals surface area contributed by atoms with Crippen LogP contribution in [0.25, 0.3) is 0 Å². The molecule has 0 radical (unpaired) electrons. The van der Waals surface area contributed by atoms with Crippen molar-refractivity contribution >= 4 is 24.1 Å². The molecule has 4 atom stereocenters. The molecule has 0 aromatic heterocycles. The second-order valence-electron chi connectivity index (χ2n) is 12.9. The van der Waals surface area contributed by atoms with Crippen molar-refractivity contribution in [1.29, 1.82) is 0 Å². The van der Waals surface area contributed by atoms with Crippen molar-refractivity contribution in [3.8, 4) is 0 Å². The van der Waals surface area contributed by atoms with Gasteiger partial charge in [0.1, 0.15) is 0 Å². The molecule has 2 aliphatic rings. The van der Waals surface area contributed by atoms with E-state index in [4.69, 9.17) is 0 Å². The van der Waals surface area contributed by atoms with Gasteiger partial charge in [0.2, 0.25) is 0 Å². The number of rotatable bonds is 20. The first-order valence-electron chi connectivity index (χ1n) is 14.5. The molecule has 3 nitrogen and oxygen atoms in total. The number of hydrogen-bond acceptors (Lipinski definition) is 5. The van der Waals surface area contributed by atoms with Crippen LogP contribution in [0, 0.1) is 0 Å². The molecule has 2 heterocycles. The predicted octanol–water partition coefficient (Wildman–Crippen LogP) is 14.2. The largest absolute Gasteiger partial charge is 0.460 e. The van der Waals surface area contributed by atoms with Gasteiger partial charge in [-0.15, -0.1) is 0 Å². The molecular weight excluding hydrogens is 1170 g/mol. The van der Waals surface area contributed by atoms with Gasteiger partial charge < -0.3 is 0 Å². The average Bonchev–Trinajstić information content (AvgIpc) is 3.88. The summed E-state index contributed by atoms with van der Waals surface area (Å²) >= 11 is -8.45. The summed E-state index contributed by atoms with van der Waals surface area (Å²) in [5, 5.41) is -17.2. The molecule has 0 N–H and O–H groups in total. The normalized spacial score (nSPS) is 25.3. The van der Waals surface area contributed by atoms with Crippen molar-refractivity contribution in [2.45, 2.75) is 129 Å². The number of epoxide rings is 2. The van der Waals surface area contributed by atoms with E-state index in [2.05, 4.69) is 3.63 Å². The van der Waals surface area contributed by atoms with Gasteiger partial charge in [0.15, 0.2) is 0 Å². The van der Waals surface area contributed by atoms with Crippen LogP contribution in [0.3, 0.4) is 0 Å². The van der Waals surface area contributed by atoms with Gasteiger partial charge in [-0.2, -0.15) is 176 Å². The second-order valence-corrected chi connectivity index (χ2v) is 14.9. The fourth-order valence-electron chi connectivity index (χ4n) is 4.27. The SMILES string of the molecule is FC(F)(F)C(F)(F)C(F)(F)C(F)(F)C(F)(F)C(F)(F)C(F)(F)C(F)(F)C(F)(SOSC(F)(C(F)(F)C(F)(F)C(F)(F)C(F)(F)C(F)(F)C(F)(F)C(F)(F)C(F)(F)F)C1(F)OC1(F)F)C1(F)OC1(F)F. The fourth-order valence-corrected chi connectivity index (χ4v) is 6.15. The number of halogens is 42. The zero-order valence-corrected chi connectivity index (χ0v) is 30.5. The molecule has 0 aliphatic carbocycles. The van der Waals surface area contributed by atoms with Crippen molar-refractivity contribution in [1.82, 2.24) is 0 Å². The molecule has 412 valence electrons. The summed E-state index contributed by atoms with van der Waals surface area (Å²) < 4.78 is 585. The average molecular weight is 1170 g/mol. The Morgan fingerprint density at radius 3 is 0.493 bits per heavy atom. The van der Waals surface area contributed by atoms with Crippen LogP contribution in [0.2, 0.25) is 0 Å². The van der Waals surface area contributed by atoms with Crippen molar-refractivity contribution in [2.24, 2.45) is 0 Å². The van der Waals surface area contributed by atoms with E-state index >= 15 is 8.78 Å². The molecule has 0 amide bonds. The van der Waals surface area contributed by atoms with Gasteiger partial charge in [0.25, 0.3) is 0 Å². The van der Waals surface area contributed by atoms with Gasteiger partial charge in [-0.25, -0.2) is 12.4 Å². The molecular formula is C22F42O3S2. The lowest BCUT2D eigenvalue weighted by Crippen LogP contribution is -2.77. The van der Waals surface area contributed by atoms with E-state index in [1.54, 1.807) is 0 Å². The molecule has 2 fully saturated rings. The van der Waals surface area contributed by atoms with Crippen LogP contribution in [-0.2, 0) is 13.1 Å². The Labute approximate surface area is 351 Å². The highest BCUT2D eigenvalue weighted by Gasteiger charge is 3.04. The summed E-state index contributed by atoms with van der Waals surface area (Å²) in [7, 11) is 0. The van der Waals surface area contributed by atoms with Gasteiger partial charge in [-0.3, -0.25) is 9.47 Å². The zero-order valence-electron chi connectivity index (χ0n) is 28.9. The third-order valence-electron chi connectivity index (χ3n) is 8.58. The lowest BCUT2D eigenvalue weighted by Gasteiger charge is -2.45. The molecule has 0 aromatic rings. The first-order valence-corrected chi connectivity index (χ1v) is 16.0. The van der Waals surface area contributed by atoms with Crippen molar-refractivity contribution in [2.75, 3.05) is 0 Å². The van der Waals surface area contributed by atoms with Crippen LogP contribution < -0.4 is 0 Å². The van der Waals surface area contributed by atoms with Gasteiger partial charge >= 0.3 is 129 Å². The highest BCUT2D eigenvalue weighted by Crippen LogP contribution is 2.76. The minimum absolute atomic E-state index is 1.90. The molecule has 4 unspecified atom stereocenters. The lowest BCUT2D eigenvalue weighted by molar-refractivity contribution is -0.465. The van der Waals surface area contributed by atoms with Crippen LogP contribution in [0.15, 0.2) is 0 Å². The molecule has 0 bridgehead atoms. The highest BCUT2D eigenvalue weighted by molar-refractivity contribution is 8.09. The number of ether oxygens (including phenoxy) is 2. The van der Waals surface area contributed by atoms with Crippen LogP contribution in [0.4, 0.5) is 184 Å². The van der Waals surface area contributed by atoms with Gasteiger partial charge in [-0.1, -0.05) is 0 Å². The second kappa shape index (κ2) is 15.1. The standard InChI is InChI=1S/C22F42O3S2/c23-1(24,5(31,32)9(39,40)13(47,48)19(55,56)57)3(27,28)7(35,36)11(43,44)17(53,15(51)21(61,62)65-15)68-67-69-18(54,16(52)22(63,64)66-16)12(45,46)8(37,38)4(29,30)2(25,26)6(33,34)10(41,42)14(49,50)20(58,59)60. The van der Waals surface area contributed by atoms with Gasteiger partial charge in [0.05, 0.1) is 24.1 Å². The fraction of sp³-hybridized carbons (Fsp3) is 1.00. The van der Waals surface area contributed by atoms with E-state index in [1.807, 2.05) is 9.47 Å². The van der Waals surface area contributed by atoms with E-state index in [0.717, 1.165) is 0 Å². The smallest absolute Gasteiger partial charge is 0.266 e. The summed E-state index contributed by atoms with van der Waals surface area (Å²) in [5.41, 5.74) is 0. The Morgan fingerprint density at radius 1 is 0.232 bits per heavy atom. The Hall–Kier alpha value is -2.36. The van der Waals surface area contributed by atoms with Crippen LogP contribution in [0.1, 0.15) is 0 Å². The van der Waals surface area contributed by atoms with Crippen LogP contribution in [0.5, 0.6) is 0 Å². The summed E-state index contributed by atoms with van der Waals surface area (Å²) in [6, 6.07) is 0. The molecule has 2 aliphatic heterocycles. The Bertz CT molecular complexity index is 1820. The van der Waals surface area contributed by atoms with Crippen LogP contribution >= 0.6 is 24.1 Å². The molecule has 2 saturated heterocycles. The topological polar surface area (TPSA) is 34.3 Å². The first kappa shape index (κ1) is 62.8. The number of alkyl halides is 42. The third-order valence-corrected chi connectivity index (χ3v) is 10.6. The lowest BCUT2D eigenvalue weighted by atomic mass is 9.87. The Kier molecular flexibility index (Phi) is 13.8. The van der Waals surface area contributed by atoms with Crippen molar-refractivity contribution in [3.63, 3.8) is 0 Å². The quantitative estimate of drug-likeness (QED) is 0.0689. The first-order chi connectivity index (χ1) is 29.1. The van der Waals surface area contributed by atoms with Crippen molar-refractivity contribution in [3.05, 3.63) is 0 Å². The van der Waals surface area contributed by atoms with E-state index < -0.39 is 153 Å². The summed E-state index contributed by atoms with van der Waals surface area (Å²) in [6.45, 7) is 0. The molecule has 0 aromatic carbocycles. The Balaban J connectivity index is 2.93. The van der Waals surface area contributed by atoms with Gasteiger partial charge in [0, 0.05) is 0 Å². The summed E-state index contributed by atoms with van der Waals surface area (Å²) in [4.78, 5) is 0. The molecule has 47 heteroatoms. The summed E-state index contributed by atoms with van der Waals surface area (Å²) in [5.74, 6) is -150. The zero-order chi connectivity index (χ0) is 56.5. The summed E-state index contributed by atoms with van der Waals surface area (Å²) in [6.07, 6.45) is -31.1. The molecule has 2 rings (SSSR count). The monoisotopic (exact) mass is 1170 g/mol. The predicted molar refractivity (Wildman–Crippen MR) is 125 cm³/mol. The molecule has 69 heavy (non-hydrogen) atoms. The maximum absolute atomic E-state index is 15.4. The molecule has 0 saturated carbocycles. The third kappa shape index (κ3) is 7.09. The minimum Gasteiger partial charge on any atom is -0.266 e. The maximum Gasteiger partial charge on any atom is 0.460 e. The number of hydrogen-bond donors (Lipinski definition) is 0. The van der Waals surface area contributed by atoms with E-state index in [1.165, 1.54) is 0 Å². The Morgan fingerprint density at radius 2 is 0.362 bits per heavy atom. The molecule has 0 spiro atoms. The van der Waals surface area contributed by atoms with Gasteiger partial charge in [-0.05, 0) is 0 Å². The van der Waals surface area contributed by atoms with E-state index in [9.17, 15) is 176 Å². The van der Waals surface area contributed by atoms with Crippen LogP contribution in [-0.4, -0.2) is 129 Å². The minimum atomic E-state index is -9.99. The van der Waals surface area contributed by atoms with Crippen molar-refractivity contribution < 1.29 is 198 Å². The highest BCUT2D eigenvalue weighted by atomic mass is 32.2.